The van der Waals surface area contributed by atoms with Crippen molar-refractivity contribution in [2.75, 3.05) is 0 Å². The molecule has 1 aromatic carbocycles. The third-order valence-electron chi connectivity index (χ3n) is 2.73. The summed E-state index contributed by atoms with van der Waals surface area (Å²) < 4.78 is 2.11. The van der Waals surface area contributed by atoms with Gasteiger partial charge in [-0.2, -0.15) is 0 Å². The molecule has 0 unspecified atom stereocenters. The average Bonchev–Trinajstić information content (AvgIpc) is 2.74. The molecule has 1 heterocycles. The van der Waals surface area contributed by atoms with Crippen LogP contribution >= 0.6 is 0 Å². The van der Waals surface area contributed by atoms with Crippen molar-refractivity contribution in [3.8, 4) is 0 Å². The Labute approximate surface area is 95.9 Å². The Kier molecular flexibility index (Phi) is 3.37. The van der Waals surface area contributed by atoms with Crippen molar-refractivity contribution in [1.29, 1.82) is 0 Å². The highest BCUT2D eigenvalue weighted by Crippen LogP contribution is 2.07. The zero-order valence-corrected chi connectivity index (χ0v) is 9.56. The molecule has 1 aromatic heterocycles. The molecular weight excluding hydrogens is 198 g/mol. The van der Waals surface area contributed by atoms with Crippen LogP contribution in [0.1, 0.15) is 16.8 Å². The van der Waals surface area contributed by atoms with E-state index in [-0.39, 0.29) is 0 Å². The molecule has 0 radical (unpaired) electrons. The van der Waals surface area contributed by atoms with E-state index in [2.05, 4.69) is 40.7 Å². The summed E-state index contributed by atoms with van der Waals surface area (Å²) in [5.74, 6) is 0. The maximum Gasteiger partial charge on any atom is 0.0948 e. The van der Waals surface area contributed by atoms with Crippen LogP contribution in [0.5, 0.6) is 0 Å². The van der Waals surface area contributed by atoms with Gasteiger partial charge in [0.2, 0.25) is 0 Å². The zero-order chi connectivity index (χ0) is 11.4. The number of nitrogens with zero attached hydrogens (tertiary/aromatic N) is 2. The van der Waals surface area contributed by atoms with Gasteiger partial charge in [0.05, 0.1) is 12.0 Å². The lowest BCUT2D eigenvalue weighted by Gasteiger charge is -2.07. The summed E-state index contributed by atoms with van der Waals surface area (Å²) >= 11 is 0. The van der Waals surface area contributed by atoms with E-state index in [0.29, 0.717) is 6.54 Å². The van der Waals surface area contributed by atoms with Gasteiger partial charge < -0.3 is 10.3 Å². The predicted octanol–water partition coefficient (Wildman–Crippen LogP) is 1.89. The van der Waals surface area contributed by atoms with Gasteiger partial charge in [0, 0.05) is 19.3 Å². The molecule has 16 heavy (non-hydrogen) atoms. The Morgan fingerprint density at radius 3 is 3.00 bits per heavy atom. The van der Waals surface area contributed by atoms with Crippen molar-refractivity contribution in [2.45, 2.75) is 26.4 Å². The summed E-state index contributed by atoms with van der Waals surface area (Å²) in [6.45, 7) is 3.61. The maximum absolute atomic E-state index is 5.63. The Morgan fingerprint density at radius 1 is 1.38 bits per heavy atom. The minimum atomic E-state index is 0.549. The van der Waals surface area contributed by atoms with E-state index < -0.39 is 0 Å². The minimum Gasteiger partial charge on any atom is -0.333 e. The lowest BCUT2D eigenvalue weighted by Crippen LogP contribution is -2.08. The Balaban J connectivity index is 2.02. The highest BCUT2D eigenvalue weighted by molar-refractivity contribution is 5.22. The van der Waals surface area contributed by atoms with Crippen LogP contribution in [0.4, 0.5) is 0 Å². The van der Waals surface area contributed by atoms with Crippen molar-refractivity contribution in [3.63, 3.8) is 0 Å². The van der Waals surface area contributed by atoms with Crippen molar-refractivity contribution in [3.05, 3.63) is 53.6 Å². The molecule has 2 aromatic rings. The summed E-state index contributed by atoms with van der Waals surface area (Å²) in [5.41, 5.74) is 9.38. The number of aryl methyl sites for hydroxylation is 3. The molecule has 2 N–H and O–H groups in total. The van der Waals surface area contributed by atoms with E-state index >= 15 is 0 Å². The average molecular weight is 215 g/mol. The predicted molar refractivity (Wildman–Crippen MR) is 65.0 cm³/mol. The molecule has 0 fully saturated rings. The van der Waals surface area contributed by atoms with E-state index in [1.807, 2.05) is 12.5 Å². The highest BCUT2D eigenvalue weighted by atomic mass is 15.0. The van der Waals surface area contributed by atoms with Crippen molar-refractivity contribution >= 4 is 0 Å². The first-order valence-corrected chi connectivity index (χ1v) is 5.54. The minimum absolute atomic E-state index is 0.549. The zero-order valence-electron chi connectivity index (χ0n) is 9.56. The number of nitrogens with two attached hydrogens (primary N) is 1. The topological polar surface area (TPSA) is 43.8 Å². The number of hydrogen-bond acceptors (Lipinski definition) is 2. The number of benzene rings is 1. The molecular formula is C13H17N3. The summed E-state index contributed by atoms with van der Waals surface area (Å²) in [7, 11) is 0. The van der Waals surface area contributed by atoms with Crippen LogP contribution in [0, 0.1) is 6.92 Å². The second kappa shape index (κ2) is 4.94. The fraction of sp³-hybridized carbons (Fsp3) is 0.308. The van der Waals surface area contributed by atoms with Gasteiger partial charge in [-0.15, -0.1) is 0 Å². The van der Waals surface area contributed by atoms with Crippen LogP contribution in [-0.4, -0.2) is 9.55 Å². The van der Waals surface area contributed by atoms with Crippen molar-refractivity contribution in [2.24, 2.45) is 5.73 Å². The van der Waals surface area contributed by atoms with Crippen LogP contribution in [0.25, 0.3) is 0 Å². The number of imidazole rings is 1. The van der Waals surface area contributed by atoms with Gasteiger partial charge in [0.25, 0.3) is 0 Å². The van der Waals surface area contributed by atoms with E-state index in [1.165, 1.54) is 11.1 Å². The van der Waals surface area contributed by atoms with Gasteiger partial charge in [0.1, 0.15) is 0 Å². The fourth-order valence-electron chi connectivity index (χ4n) is 1.84. The van der Waals surface area contributed by atoms with Crippen LogP contribution < -0.4 is 5.73 Å². The van der Waals surface area contributed by atoms with Gasteiger partial charge in [-0.25, -0.2) is 4.98 Å². The molecule has 0 amide bonds. The molecule has 0 spiro atoms. The SMILES string of the molecule is Cc1cccc(CCn2cncc2CN)c1. The van der Waals surface area contributed by atoms with Crippen LogP contribution in [0.15, 0.2) is 36.8 Å². The third-order valence-corrected chi connectivity index (χ3v) is 2.73. The van der Waals surface area contributed by atoms with E-state index in [4.69, 9.17) is 5.73 Å². The summed E-state index contributed by atoms with van der Waals surface area (Å²) in [5, 5.41) is 0. The summed E-state index contributed by atoms with van der Waals surface area (Å²) in [4.78, 5) is 4.11. The first-order chi connectivity index (χ1) is 7.79. The standard InChI is InChI=1S/C13H17N3/c1-11-3-2-4-12(7-11)5-6-16-10-15-9-13(16)8-14/h2-4,7,9-10H,5-6,8,14H2,1H3. The number of aromatic nitrogens is 2. The Bertz CT molecular complexity index is 460. The highest BCUT2D eigenvalue weighted by Gasteiger charge is 2.00. The first kappa shape index (κ1) is 10.9. The molecule has 0 saturated carbocycles. The van der Waals surface area contributed by atoms with E-state index in [0.717, 1.165) is 18.7 Å². The largest absolute Gasteiger partial charge is 0.333 e. The molecule has 0 aliphatic carbocycles. The molecule has 3 nitrogen and oxygen atoms in total. The van der Waals surface area contributed by atoms with Crippen molar-refractivity contribution < 1.29 is 0 Å². The third kappa shape index (κ3) is 2.49. The number of hydrogen-bond donors (Lipinski definition) is 1. The van der Waals surface area contributed by atoms with E-state index in [1.54, 1.807) is 0 Å². The fourth-order valence-corrected chi connectivity index (χ4v) is 1.84. The molecule has 0 aliphatic rings. The second-order valence-electron chi connectivity index (χ2n) is 4.02. The molecule has 2 rings (SSSR count). The molecule has 84 valence electrons. The quantitative estimate of drug-likeness (QED) is 0.846. The first-order valence-electron chi connectivity index (χ1n) is 5.54. The number of rotatable bonds is 4. The Morgan fingerprint density at radius 2 is 2.25 bits per heavy atom. The van der Waals surface area contributed by atoms with Crippen LogP contribution in [-0.2, 0) is 19.5 Å². The molecule has 3 heteroatoms. The molecule has 0 aliphatic heterocycles. The maximum atomic E-state index is 5.63. The Hall–Kier alpha value is -1.61. The normalized spacial score (nSPS) is 10.6. The van der Waals surface area contributed by atoms with Gasteiger partial charge >= 0.3 is 0 Å². The lowest BCUT2D eigenvalue weighted by molar-refractivity contribution is 0.660. The van der Waals surface area contributed by atoms with Gasteiger partial charge in [-0.3, -0.25) is 0 Å². The summed E-state index contributed by atoms with van der Waals surface area (Å²) in [6, 6.07) is 8.60. The lowest BCUT2D eigenvalue weighted by atomic mass is 10.1. The molecule has 0 bridgehead atoms. The monoisotopic (exact) mass is 215 g/mol. The second-order valence-corrected chi connectivity index (χ2v) is 4.02. The summed E-state index contributed by atoms with van der Waals surface area (Å²) in [6.07, 6.45) is 4.69. The van der Waals surface area contributed by atoms with Gasteiger partial charge in [-0.1, -0.05) is 29.8 Å². The van der Waals surface area contributed by atoms with Gasteiger partial charge in [0.15, 0.2) is 0 Å². The smallest absolute Gasteiger partial charge is 0.0948 e. The van der Waals surface area contributed by atoms with E-state index in [9.17, 15) is 0 Å². The van der Waals surface area contributed by atoms with Crippen molar-refractivity contribution in [1.82, 2.24) is 9.55 Å². The van der Waals surface area contributed by atoms with Gasteiger partial charge in [-0.05, 0) is 18.9 Å². The molecule has 0 saturated heterocycles. The van der Waals surface area contributed by atoms with Crippen LogP contribution in [0.3, 0.4) is 0 Å². The van der Waals surface area contributed by atoms with Crippen LogP contribution in [0.2, 0.25) is 0 Å². The molecule has 0 atom stereocenters.